The van der Waals surface area contributed by atoms with Crippen LogP contribution in [0.4, 0.5) is 0 Å². The number of para-hydroxylation sites is 1. The smallest absolute Gasteiger partial charge is 0.342 e. The zero-order valence-corrected chi connectivity index (χ0v) is 25.2. The third kappa shape index (κ3) is 5.87. The molecule has 2 aliphatic heterocycles. The Hall–Kier alpha value is -4.21. The number of carboxylic acid groups (broad SMARTS) is 1. The van der Waals surface area contributed by atoms with Crippen LogP contribution < -0.4 is 9.47 Å². The number of ether oxygens (including phenoxy) is 3. The van der Waals surface area contributed by atoms with Crippen molar-refractivity contribution in [2.24, 2.45) is 5.41 Å². The lowest BCUT2D eigenvalue weighted by Gasteiger charge is -2.43. The topological polar surface area (TPSA) is 98.9 Å². The lowest BCUT2D eigenvalue weighted by atomic mass is 9.86. The molecule has 0 radical (unpaired) electrons. The van der Waals surface area contributed by atoms with Crippen LogP contribution >= 0.6 is 0 Å². The largest absolute Gasteiger partial charge is 0.488 e. The molecular formula is C34H38N4O5. The number of pyridine rings is 1. The van der Waals surface area contributed by atoms with E-state index in [0.29, 0.717) is 24.7 Å². The summed E-state index contributed by atoms with van der Waals surface area (Å²) in [4.78, 5) is 19.1. The van der Waals surface area contributed by atoms with Gasteiger partial charge in [-0.3, -0.25) is 4.90 Å². The van der Waals surface area contributed by atoms with Crippen LogP contribution in [0.25, 0.3) is 17.1 Å². The molecule has 2 aromatic heterocycles. The van der Waals surface area contributed by atoms with Gasteiger partial charge in [-0.1, -0.05) is 37.3 Å². The van der Waals surface area contributed by atoms with E-state index in [1.54, 1.807) is 13.0 Å². The molecule has 0 bridgehead atoms. The molecule has 0 atom stereocenters. The number of hydrogen-bond acceptors (Lipinski definition) is 7. The summed E-state index contributed by atoms with van der Waals surface area (Å²) in [5.41, 5.74) is 8.13. The van der Waals surface area contributed by atoms with Gasteiger partial charge in [0.25, 0.3) is 0 Å². The van der Waals surface area contributed by atoms with Crippen LogP contribution in [0.3, 0.4) is 0 Å². The summed E-state index contributed by atoms with van der Waals surface area (Å²) in [6.45, 7) is 13.9. The molecule has 4 heterocycles. The summed E-state index contributed by atoms with van der Waals surface area (Å²) in [6.07, 6.45) is 2.32. The number of nitrogens with zero attached hydrogens (tertiary/aromatic N) is 4. The average molecular weight is 583 g/mol. The van der Waals surface area contributed by atoms with E-state index in [2.05, 4.69) is 36.0 Å². The van der Waals surface area contributed by atoms with Gasteiger partial charge in [-0.05, 0) is 73.2 Å². The summed E-state index contributed by atoms with van der Waals surface area (Å²) in [7, 11) is 0. The normalized spacial score (nSPS) is 15.9. The van der Waals surface area contributed by atoms with E-state index in [0.717, 1.165) is 61.7 Å². The Bertz CT molecular complexity index is 1660. The standard InChI is InChI=1S/C34H38N4O5/c1-5-42-32-27(33(39)40)16-35-38(32)30-11-7-10-29(36-30)26-9-6-8-22(2)31(26)43-18-24-14-23(3)28-17-37(13-12-25(28)15-24)19-34(4)20-41-21-34/h6-11,14-16H,5,12-13,17-21H2,1-4H3,(H,39,40). The SMILES string of the molecule is CCOc1c(C(=O)O)cnn1-c1cccc(-c2cccc(C)c2OCc2cc(C)c3c(c2)CCN(CC2(C)COC2)C3)n1. The zero-order chi connectivity index (χ0) is 30.1. The van der Waals surface area contributed by atoms with Gasteiger partial charge in [0.05, 0.1) is 31.7 Å². The van der Waals surface area contributed by atoms with Gasteiger partial charge >= 0.3 is 5.97 Å². The Labute approximate surface area is 252 Å². The van der Waals surface area contributed by atoms with Crippen LogP contribution in [0.15, 0.2) is 54.7 Å². The van der Waals surface area contributed by atoms with Gasteiger partial charge in [0, 0.05) is 30.6 Å². The maximum Gasteiger partial charge on any atom is 0.342 e. The van der Waals surface area contributed by atoms with E-state index in [9.17, 15) is 9.90 Å². The molecule has 0 aliphatic carbocycles. The highest BCUT2D eigenvalue weighted by molar-refractivity contribution is 5.90. The first-order chi connectivity index (χ1) is 20.7. The van der Waals surface area contributed by atoms with E-state index >= 15 is 0 Å². The van der Waals surface area contributed by atoms with Gasteiger partial charge < -0.3 is 19.3 Å². The number of aryl methyl sites for hydroxylation is 2. The van der Waals surface area contributed by atoms with Crippen molar-refractivity contribution < 1.29 is 24.1 Å². The first-order valence-electron chi connectivity index (χ1n) is 14.8. The third-order valence-corrected chi connectivity index (χ3v) is 8.27. The number of rotatable bonds is 10. The van der Waals surface area contributed by atoms with Crippen LogP contribution in [0, 0.1) is 19.3 Å². The highest BCUT2D eigenvalue weighted by Crippen LogP contribution is 2.35. The van der Waals surface area contributed by atoms with Crippen LogP contribution in [0.5, 0.6) is 11.6 Å². The van der Waals surface area contributed by atoms with Crippen molar-refractivity contribution in [3.8, 4) is 28.7 Å². The molecule has 0 spiro atoms. The fraction of sp³-hybridized carbons (Fsp3) is 0.382. The summed E-state index contributed by atoms with van der Waals surface area (Å²) in [5.74, 6) is 0.270. The van der Waals surface area contributed by atoms with Gasteiger partial charge in [-0.25, -0.2) is 9.78 Å². The molecule has 2 aromatic carbocycles. The number of aromatic nitrogens is 3. The first kappa shape index (κ1) is 28.9. The second kappa shape index (κ2) is 11.8. The quantitative estimate of drug-likeness (QED) is 0.257. The Kier molecular flexibility index (Phi) is 7.94. The van der Waals surface area contributed by atoms with Crippen molar-refractivity contribution in [3.05, 3.63) is 88.1 Å². The molecule has 1 N–H and O–H groups in total. The molecule has 43 heavy (non-hydrogen) atoms. The highest BCUT2D eigenvalue weighted by Gasteiger charge is 2.36. The molecule has 4 aromatic rings. The van der Waals surface area contributed by atoms with E-state index in [4.69, 9.17) is 19.2 Å². The molecule has 0 unspecified atom stereocenters. The van der Waals surface area contributed by atoms with Crippen molar-refractivity contribution in [2.75, 3.05) is 32.9 Å². The first-order valence-corrected chi connectivity index (χ1v) is 14.8. The average Bonchev–Trinajstić information content (AvgIpc) is 3.40. The Morgan fingerprint density at radius 3 is 2.65 bits per heavy atom. The number of fused-ring (bicyclic) bond motifs is 1. The van der Waals surface area contributed by atoms with E-state index < -0.39 is 5.97 Å². The van der Waals surface area contributed by atoms with E-state index in [1.807, 2.05) is 37.3 Å². The maximum absolute atomic E-state index is 11.7. The maximum atomic E-state index is 11.7. The second-order valence-electron chi connectivity index (χ2n) is 11.9. The summed E-state index contributed by atoms with van der Waals surface area (Å²) < 4.78 is 19.0. The number of carboxylic acids is 1. The van der Waals surface area contributed by atoms with Crippen molar-refractivity contribution in [1.29, 1.82) is 0 Å². The molecule has 0 amide bonds. The minimum atomic E-state index is -1.10. The second-order valence-corrected chi connectivity index (χ2v) is 11.9. The van der Waals surface area contributed by atoms with Crippen LogP contribution in [0.2, 0.25) is 0 Å². The van der Waals surface area contributed by atoms with Crippen LogP contribution in [0.1, 0.15) is 52.0 Å². The predicted octanol–water partition coefficient (Wildman–Crippen LogP) is 5.62. The number of benzene rings is 2. The summed E-state index contributed by atoms with van der Waals surface area (Å²) in [6, 6.07) is 16.1. The molecule has 224 valence electrons. The van der Waals surface area contributed by atoms with E-state index in [-0.39, 0.29) is 16.9 Å². The minimum absolute atomic E-state index is 0.0103. The fourth-order valence-corrected chi connectivity index (χ4v) is 6.12. The number of aromatic carboxylic acids is 1. The molecule has 1 fully saturated rings. The summed E-state index contributed by atoms with van der Waals surface area (Å²) >= 11 is 0. The highest BCUT2D eigenvalue weighted by atomic mass is 16.5. The third-order valence-electron chi connectivity index (χ3n) is 8.27. The Balaban J connectivity index is 1.23. The number of carbonyl (C=O) groups is 1. The van der Waals surface area contributed by atoms with Gasteiger partial charge in [0.15, 0.2) is 5.82 Å². The van der Waals surface area contributed by atoms with E-state index in [1.165, 1.54) is 27.6 Å². The van der Waals surface area contributed by atoms with Gasteiger partial charge in [0.2, 0.25) is 5.88 Å². The number of hydrogen-bond donors (Lipinski definition) is 1. The molecule has 0 saturated carbocycles. The minimum Gasteiger partial charge on any atom is -0.488 e. The monoisotopic (exact) mass is 582 g/mol. The lowest BCUT2D eigenvalue weighted by molar-refractivity contribution is -0.116. The van der Waals surface area contributed by atoms with Gasteiger partial charge in [-0.15, -0.1) is 0 Å². The lowest BCUT2D eigenvalue weighted by Crippen LogP contribution is -2.49. The molecule has 6 rings (SSSR count). The molecule has 9 heteroatoms. The van der Waals surface area contributed by atoms with Crippen molar-refractivity contribution >= 4 is 5.97 Å². The summed E-state index contributed by atoms with van der Waals surface area (Å²) in [5, 5.41) is 13.8. The fourth-order valence-electron chi connectivity index (χ4n) is 6.12. The zero-order valence-electron chi connectivity index (χ0n) is 25.2. The predicted molar refractivity (Wildman–Crippen MR) is 163 cm³/mol. The molecule has 9 nitrogen and oxygen atoms in total. The van der Waals surface area contributed by atoms with Crippen molar-refractivity contribution in [1.82, 2.24) is 19.7 Å². The van der Waals surface area contributed by atoms with Crippen molar-refractivity contribution in [2.45, 2.75) is 47.3 Å². The molecule has 1 saturated heterocycles. The van der Waals surface area contributed by atoms with Crippen molar-refractivity contribution in [3.63, 3.8) is 0 Å². The van der Waals surface area contributed by atoms with Gasteiger partial charge in [-0.2, -0.15) is 9.78 Å². The Morgan fingerprint density at radius 2 is 1.91 bits per heavy atom. The van der Waals surface area contributed by atoms with Crippen LogP contribution in [-0.4, -0.2) is 63.7 Å². The Morgan fingerprint density at radius 1 is 1.09 bits per heavy atom. The molecule has 2 aliphatic rings. The van der Waals surface area contributed by atoms with Gasteiger partial charge in [0.1, 0.15) is 17.9 Å². The molecular weight excluding hydrogens is 544 g/mol. The van der Waals surface area contributed by atoms with Crippen LogP contribution in [-0.2, 0) is 24.3 Å².